The third-order valence-corrected chi connectivity index (χ3v) is 3.47. The maximum atomic E-state index is 12.6. The first-order valence-electron chi connectivity index (χ1n) is 7.44. The Kier molecular flexibility index (Phi) is 7.54. The Morgan fingerprint density at radius 1 is 1.25 bits per heavy atom. The molecule has 0 aromatic heterocycles. The van der Waals surface area contributed by atoms with Crippen LogP contribution in [0.2, 0.25) is 0 Å². The van der Waals surface area contributed by atoms with Crippen LogP contribution in [0.3, 0.4) is 0 Å². The van der Waals surface area contributed by atoms with Crippen LogP contribution in [0.4, 0.5) is 0 Å². The molecule has 1 aliphatic heterocycles. The number of rotatable bonds is 8. The van der Waals surface area contributed by atoms with Crippen molar-refractivity contribution in [3.05, 3.63) is 0 Å². The molecule has 1 heterocycles. The summed E-state index contributed by atoms with van der Waals surface area (Å²) in [5.74, 6) is -0.303. The van der Waals surface area contributed by atoms with Gasteiger partial charge in [-0.25, -0.2) is 0 Å². The van der Waals surface area contributed by atoms with E-state index < -0.39 is 0 Å². The van der Waals surface area contributed by atoms with Crippen molar-refractivity contribution in [2.45, 2.75) is 32.7 Å². The summed E-state index contributed by atoms with van der Waals surface area (Å²) < 4.78 is 5.44. The SMILES string of the molecule is CCCNC1COCC1C(=O)N(CCC)CC(=O)NC. The monoisotopic (exact) mass is 285 g/mol. The second-order valence-electron chi connectivity index (χ2n) is 5.14. The molecule has 6 nitrogen and oxygen atoms in total. The molecule has 2 unspecified atom stereocenters. The third kappa shape index (κ3) is 4.76. The van der Waals surface area contributed by atoms with Crippen LogP contribution in [0.1, 0.15) is 26.7 Å². The molecule has 2 atom stereocenters. The molecular formula is C14H27N3O3. The first-order valence-corrected chi connectivity index (χ1v) is 7.44. The van der Waals surface area contributed by atoms with E-state index in [4.69, 9.17) is 4.74 Å². The molecule has 1 saturated heterocycles. The van der Waals surface area contributed by atoms with E-state index in [2.05, 4.69) is 17.6 Å². The zero-order valence-electron chi connectivity index (χ0n) is 12.8. The summed E-state index contributed by atoms with van der Waals surface area (Å²) in [7, 11) is 1.58. The number of carbonyl (C=O) groups excluding carboxylic acids is 2. The molecule has 6 heteroatoms. The fourth-order valence-corrected chi connectivity index (χ4v) is 2.35. The fraction of sp³-hybridized carbons (Fsp3) is 0.857. The van der Waals surface area contributed by atoms with Crippen molar-refractivity contribution >= 4 is 11.8 Å². The van der Waals surface area contributed by atoms with Gasteiger partial charge in [0.2, 0.25) is 11.8 Å². The van der Waals surface area contributed by atoms with Crippen LogP contribution < -0.4 is 10.6 Å². The Hall–Kier alpha value is -1.14. The Bertz CT molecular complexity index is 323. The molecule has 0 aliphatic carbocycles. The van der Waals surface area contributed by atoms with E-state index in [1.54, 1.807) is 11.9 Å². The number of hydrogen-bond donors (Lipinski definition) is 2. The maximum Gasteiger partial charge on any atom is 0.239 e. The number of ether oxygens (including phenoxy) is 1. The van der Waals surface area contributed by atoms with Gasteiger partial charge in [0, 0.05) is 19.6 Å². The Morgan fingerprint density at radius 3 is 2.60 bits per heavy atom. The van der Waals surface area contributed by atoms with Crippen LogP contribution in [0.25, 0.3) is 0 Å². The highest BCUT2D eigenvalue weighted by molar-refractivity contribution is 5.86. The molecule has 0 spiro atoms. The summed E-state index contributed by atoms with van der Waals surface area (Å²) in [5.41, 5.74) is 0. The molecule has 0 bridgehead atoms. The third-order valence-electron chi connectivity index (χ3n) is 3.47. The summed E-state index contributed by atoms with van der Waals surface area (Å²) in [4.78, 5) is 25.7. The van der Waals surface area contributed by atoms with Gasteiger partial charge in [-0.2, -0.15) is 0 Å². The van der Waals surface area contributed by atoms with E-state index >= 15 is 0 Å². The van der Waals surface area contributed by atoms with Gasteiger partial charge in [0.25, 0.3) is 0 Å². The molecule has 0 saturated carbocycles. The molecule has 1 aliphatic rings. The van der Waals surface area contributed by atoms with Crippen molar-refractivity contribution < 1.29 is 14.3 Å². The Balaban J connectivity index is 2.64. The second-order valence-corrected chi connectivity index (χ2v) is 5.14. The molecule has 2 N–H and O–H groups in total. The van der Waals surface area contributed by atoms with Crippen molar-refractivity contribution in [1.29, 1.82) is 0 Å². The zero-order chi connectivity index (χ0) is 15.0. The smallest absolute Gasteiger partial charge is 0.239 e. The topological polar surface area (TPSA) is 70.7 Å². The number of likely N-dealkylation sites (N-methyl/N-ethyl adjacent to an activating group) is 1. The van der Waals surface area contributed by atoms with Gasteiger partial charge in [-0.3, -0.25) is 9.59 Å². The van der Waals surface area contributed by atoms with Gasteiger partial charge in [0.05, 0.1) is 25.7 Å². The largest absolute Gasteiger partial charge is 0.379 e. The lowest BCUT2D eigenvalue weighted by Gasteiger charge is -2.27. The number of nitrogens with one attached hydrogen (secondary N) is 2. The molecular weight excluding hydrogens is 258 g/mol. The minimum absolute atomic E-state index is 0.0153. The average molecular weight is 285 g/mol. The molecule has 0 aromatic carbocycles. The summed E-state index contributed by atoms with van der Waals surface area (Å²) in [6.45, 7) is 6.70. The summed E-state index contributed by atoms with van der Waals surface area (Å²) in [5, 5.41) is 5.92. The summed E-state index contributed by atoms with van der Waals surface area (Å²) >= 11 is 0. The number of hydrogen-bond acceptors (Lipinski definition) is 4. The normalized spacial score (nSPS) is 21.8. The van der Waals surface area contributed by atoms with Crippen LogP contribution >= 0.6 is 0 Å². The minimum Gasteiger partial charge on any atom is -0.379 e. The van der Waals surface area contributed by atoms with Gasteiger partial charge in [-0.05, 0) is 19.4 Å². The van der Waals surface area contributed by atoms with Crippen molar-refractivity contribution in [3.63, 3.8) is 0 Å². The average Bonchev–Trinajstić information content (AvgIpc) is 2.91. The van der Waals surface area contributed by atoms with Crippen LogP contribution in [-0.4, -0.2) is 62.7 Å². The highest BCUT2D eigenvalue weighted by Crippen LogP contribution is 2.17. The van der Waals surface area contributed by atoms with Crippen LogP contribution in [0.15, 0.2) is 0 Å². The zero-order valence-corrected chi connectivity index (χ0v) is 12.8. The van der Waals surface area contributed by atoms with Gasteiger partial charge in [-0.15, -0.1) is 0 Å². The van der Waals surface area contributed by atoms with Gasteiger partial charge in [0.15, 0.2) is 0 Å². The quantitative estimate of drug-likeness (QED) is 0.658. The highest BCUT2D eigenvalue weighted by Gasteiger charge is 2.36. The van der Waals surface area contributed by atoms with Crippen molar-refractivity contribution in [2.24, 2.45) is 5.92 Å². The standard InChI is InChI=1S/C14H27N3O3/c1-4-6-16-12-10-20-9-11(12)14(19)17(7-5-2)8-13(18)15-3/h11-12,16H,4-10H2,1-3H3,(H,15,18). The number of nitrogens with zero attached hydrogens (tertiary/aromatic N) is 1. The van der Waals surface area contributed by atoms with E-state index in [1.807, 2.05) is 6.92 Å². The van der Waals surface area contributed by atoms with E-state index in [0.717, 1.165) is 19.4 Å². The fourth-order valence-electron chi connectivity index (χ4n) is 2.35. The van der Waals surface area contributed by atoms with Crippen molar-refractivity contribution in [3.8, 4) is 0 Å². The number of amides is 2. The molecule has 1 rings (SSSR count). The van der Waals surface area contributed by atoms with Crippen molar-refractivity contribution in [2.75, 3.05) is 39.9 Å². The van der Waals surface area contributed by atoms with E-state index in [9.17, 15) is 9.59 Å². The maximum absolute atomic E-state index is 12.6. The minimum atomic E-state index is -0.183. The highest BCUT2D eigenvalue weighted by atomic mass is 16.5. The van der Waals surface area contributed by atoms with Gasteiger partial charge in [-0.1, -0.05) is 13.8 Å². The number of carbonyl (C=O) groups is 2. The Labute approximate surface area is 121 Å². The molecule has 0 aromatic rings. The van der Waals surface area contributed by atoms with E-state index in [-0.39, 0.29) is 30.3 Å². The summed E-state index contributed by atoms with van der Waals surface area (Å²) in [6, 6.07) is 0.0616. The summed E-state index contributed by atoms with van der Waals surface area (Å²) in [6.07, 6.45) is 1.86. The molecule has 0 radical (unpaired) electrons. The first-order chi connectivity index (χ1) is 9.63. The predicted molar refractivity (Wildman–Crippen MR) is 77.3 cm³/mol. The van der Waals surface area contributed by atoms with E-state index in [0.29, 0.717) is 19.8 Å². The second kappa shape index (κ2) is 8.92. The lowest BCUT2D eigenvalue weighted by molar-refractivity contribution is -0.139. The molecule has 116 valence electrons. The van der Waals surface area contributed by atoms with Gasteiger partial charge >= 0.3 is 0 Å². The molecule has 1 fully saturated rings. The van der Waals surface area contributed by atoms with Crippen molar-refractivity contribution in [1.82, 2.24) is 15.5 Å². The van der Waals surface area contributed by atoms with Crippen LogP contribution in [0.5, 0.6) is 0 Å². The predicted octanol–water partition coefficient (Wildman–Crippen LogP) is -0.0144. The van der Waals surface area contributed by atoms with Gasteiger partial charge in [0.1, 0.15) is 0 Å². The van der Waals surface area contributed by atoms with Crippen LogP contribution in [0, 0.1) is 5.92 Å². The lowest BCUT2D eigenvalue weighted by Crippen LogP contribution is -2.48. The van der Waals surface area contributed by atoms with E-state index in [1.165, 1.54) is 0 Å². The molecule has 2 amide bonds. The van der Waals surface area contributed by atoms with Gasteiger partial charge < -0.3 is 20.3 Å². The lowest BCUT2D eigenvalue weighted by atomic mass is 10.0. The first kappa shape index (κ1) is 16.9. The van der Waals surface area contributed by atoms with Crippen LogP contribution in [-0.2, 0) is 14.3 Å². The molecule has 20 heavy (non-hydrogen) atoms. The Morgan fingerprint density at radius 2 is 2.00 bits per heavy atom.